The van der Waals surface area contributed by atoms with Crippen molar-refractivity contribution < 1.29 is 19.5 Å². The molecular weight excluding hydrogens is 267 g/mol. The molecule has 0 unspecified atom stereocenters. The summed E-state index contributed by atoms with van der Waals surface area (Å²) in [6.07, 6.45) is 0. The van der Waals surface area contributed by atoms with E-state index in [1.807, 2.05) is 19.1 Å². The van der Waals surface area contributed by atoms with Crippen molar-refractivity contribution in [3.05, 3.63) is 53.6 Å². The quantitative estimate of drug-likeness (QED) is 0.623. The minimum absolute atomic E-state index is 0.425. The Balaban J connectivity index is 1.80. The Bertz CT molecular complexity index is 581. The highest BCUT2D eigenvalue weighted by atomic mass is 16.5. The Morgan fingerprint density at radius 2 is 1.57 bits per heavy atom. The smallest absolute Gasteiger partial charge is 0.488 e. The predicted molar refractivity (Wildman–Crippen MR) is 83.2 cm³/mol. The Morgan fingerprint density at radius 1 is 0.905 bits per heavy atom. The Hall–Kier alpha value is -1.98. The molecule has 2 aromatic rings. The molecule has 0 amide bonds. The number of rotatable bonds is 6. The van der Waals surface area contributed by atoms with Crippen LogP contribution in [0.1, 0.15) is 11.1 Å². The van der Waals surface area contributed by atoms with Crippen LogP contribution in [0.15, 0.2) is 42.5 Å². The minimum Gasteiger partial charge on any atom is -0.490 e. The van der Waals surface area contributed by atoms with Crippen LogP contribution >= 0.6 is 0 Å². The second kappa shape index (κ2) is 7.15. The molecule has 0 bridgehead atoms. The number of hydrogen-bond donors (Lipinski definition) is 2. The van der Waals surface area contributed by atoms with E-state index >= 15 is 0 Å². The fourth-order valence-electron chi connectivity index (χ4n) is 1.93. The first-order chi connectivity index (χ1) is 10.1. The van der Waals surface area contributed by atoms with Crippen LogP contribution in [0.4, 0.5) is 0 Å². The van der Waals surface area contributed by atoms with Gasteiger partial charge in [-0.25, -0.2) is 0 Å². The number of ether oxygens (including phenoxy) is 2. The van der Waals surface area contributed by atoms with Crippen LogP contribution in [-0.4, -0.2) is 30.4 Å². The number of aryl methyl sites for hydroxylation is 1. The molecule has 4 nitrogen and oxygen atoms in total. The summed E-state index contributed by atoms with van der Waals surface area (Å²) in [6, 6.07) is 12.6. The van der Waals surface area contributed by atoms with Gasteiger partial charge in [-0.3, -0.25) is 0 Å². The van der Waals surface area contributed by atoms with Crippen molar-refractivity contribution in [3.63, 3.8) is 0 Å². The number of benzene rings is 2. The van der Waals surface area contributed by atoms with E-state index in [1.54, 1.807) is 24.3 Å². The molecule has 2 N–H and O–H groups in total. The molecule has 0 aliphatic carbocycles. The van der Waals surface area contributed by atoms with Gasteiger partial charge in [0, 0.05) is 0 Å². The molecule has 2 aromatic carbocycles. The summed E-state index contributed by atoms with van der Waals surface area (Å²) >= 11 is 0. The molecule has 2 rings (SSSR count). The van der Waals surface area contributed by atoms with Crippen molar-refractivity contribution in [2.75, 3.05) is 13.2 Å². The monoisotopic (exact) mass is 286 g/mol. The van der Waals surface area contributed by atoms with Gasteiger partial charge in [0.1, 0.15) is 24.7 Å². The zero-order valence-corrected chi connectivity index (χ0v) is 12.2. The SMILES string of the molecule is Cc1cccc(OCCOc2ccc(B(O)O)cc2)c1C. The van der Waals surface area contributed by atoms with E-state index in [4.69, 9.17) is 19.5 Å². The molecule has 0 aromatic heterocycles. The van der Waals surface area contributed by atoms with Gasteiger partial charge < -0.3 is 19.5 Å². The third kappa shape index (κ3) is 4.24. The van der Waals surface area contributed by atoms with Crippen LogP contribution in [0.3, 0.4) is 0 Å². The largest absolute Gasteiger partial charge is 0.490 e. The van der Waals surface area contributed by atoms with E-state index in [1.165, 1.54) is 5.56 Å². The molecule has 0 aliphatic heterocycles. The fourth-order valence-corrected chi connectivity index (χ4v) is 1.93. The summed E-state index contributed by atoms with van der Waals surface area (Å²) in [5.41, 5.74) is 2.78. The van der Waals surface area contributed by atoms with E-state index in [0.29, 0.717) is 24.4 Å². The lowest BCUT2D eigenvalue weighted by Crippen LogP contribution is -2.29. The highest BCUT2D eigenvalue weighted by Crippen LogP contribution is 2.20. The van der Waals surface area contributed by atoms with Gasteiger partial charge in [0.2, 0.25) is 0 Å². The highest BCUT2D eigenvalue weighted by Gasteiger charge is 2.09. The second-order valence-electron chi connectivity index (χ2n) is 4.84. The summed E-state index contributed by atoms with van der Waals surface area (Å²) < 4.78 is 11.2. The minimum atomic E-state index is -1.45. The molecule has 0 atom stereocenters. The van der Waals surface area contributed by atoms with Crippen LogP contribution in [-0.2, 0) is 0 Å². The molecule has 0 radical (unpaired) electrons. The lowest BCUT2D eigenvalue weighted by atomic mass is 9.80. The van der Waals surface area contributed by atoms with Crippen LogP contribution in [0, 0.1) is 13.8 Å². The van der Waals surface area contributed by atoms with Gasteiger partial charge in [-0.05, 0) is 48.6 Å². The molecule has 110 valence electrons. The zero-order valence-electron chi connectivity index (χ0n) is 12.2. The van der Waals surface area contributed by atoms with Crippen molar-refractivity contribution in [1.29, 1.82) is 0 Å². The Labute approximate surface area is 125 Å². The highest BCUT2D eigenvalue weighted by molar-refractivity contribution is 6.58. The Morgan fingerprint density at radius 3 is 2.24 bits per heavy atom. The molecule has 0 heterocycles. The van der Waals surface area contributed by atoms with Crippen molar-refractivity contribution >= 4 is 12.6 Å². The van der Waals surface area contributed by atoms with Gasteiger partial charge in [-0.15, -0.1) is 0 Å². The summed E-state index contributed by atoms with van der Waals surface area (Å²) in [6.45, 7) is 4.96. The van der Waals surface area contributed by atoms with Gasteiger partial charge in [0.25, 0.3) is 0 Å². The number of hydrogen-bond acceptors (Lipinski definition) is 4. The van der Waals surface area contributed by atoms with Crippen LogP contribution in [0.25, 0.3) is 0 Å². The molecule has 21 heavy (non-hydrogen) atoms. The van der Waals surface area contributed by atoms with E-state index in [-0.39, 0.29) is 0 Å². The maximum atomic E-state index is 9.00. The van der Waals surface area contributed by atoms with E-state index in [2.05, 4.69) is 13.0 Å². The summed E-state index contributed by atoms with van der Waals surface area (Å²) in [5.74, 6) is 1.54. The predicted octanol–water partition coefficient (Wildman–Crippen LogP) is 1.44. The summed E-state index contributed by atoms with van der Waals surface area (Å²) in [5, 5.41) is 18.0. The van der Waals surface area contributed by atoms with Gasteiger partial charge in [0.15, 0.2) is 0 Å². The third-order valence-electron chi connectivity index (χ3n) is 3.34. The first kappa shape index (κ1) is 15.4. The Kier molecular flexibility index (Phi) is 5.25. The zero-order chi connectivity index (χ0) is 15.2. The topological polar surface area (TPSA) is 58.9 Å². The van der Waals surface area contributed by atoms with E-state index < -0.39 is 7.12 Å². The molecule has 0 saturated carbocycles. The van der Waals surface area contributed by atoms with Crippen molar-refractivity contribution in [1.82, 2.24) is 0 Å². The van der Waals surface area contributed by atoms with Gasteiger partial charge >= 0.3 is 7.12 Å². The maximum Gasteiger partial charge on any atom is 0.488 e. The molecule has 0 spiro atoms. The average Bonchev–Trinajstić information content (AvgIpc) is 2.48. The fraction of sp³-hybridized carbons (Fsp3) is 0.250. The van der Waals surface area contributed by atoms with Gasteiger partial charge in [-0.2, -0.15) is 0 Å². The van der Waals surface area contributed by atoms with Gasteiger partial charge in [-0.1, -0.05) is 24.3 Å². The lowest BCUT2D eigenvalue weighted by molar-refractivity contribution is 0.216. The van der Waals surface area contributed by atoms with Crippen LogP contribution < -0.4 is 14.9 Å². The third-order valence-corrected chi connectivity index (χ3v) is 3.34. The first-order valence-electron chi connectivity index (χ1n) is 6.86. The standard InChI is InChI=1S/C16H19BO4/c1-12-4-3-5-16(13(12)2)21-11-10-20-15-8-6-14(7-9-15)17(18)19/h3-9,18-19H,10-11H2,1-2H3. The maximum absolute atomic E-state index is 9.00. The molecule has 5 heteroatoms. The van der Waals surface area contributed by atoms with Crippen molar-refractivity contribution in [3.8, 4) is 11.5 Å². The lowest BCUT2D eigenvalue weighted by Gasteiger charge is -2.11. The van der Waals surface area contributed by atoms with Crippen molar-refractivity contribution in [2.45, 2.75) is 13.8 Å². The molecule has 0 fully saturated rings. The van der Waals surface area contributed by atoms with Crippen LogP contribution in [0.5, 0.6) is 11.5 Å². The van der Waals surface area contributed by atoms with Crippen LogP contribution in [0.2, 0.25) is 0 Å². The normalized spacial score (nSPS) is 10.3. The summed E-state index contributed by atoms with van der Waals surface area (Å²) in [4.78, 5) is 0. The second-order valence-corrected chi connectivity index (χ2v) is 4.84. The van der Waals surface area contributed by atoms with Gasteiger partial charge in [0.05, 0.1) is 0 Å². The average molecular weight is 286 g/mol. The summed E-state index contributed by atoms with van der Waals surface area (Å²) in [7, 11) is -1.45. The first-order valence-corrected chi connectivity index (χ1v) is 6.86. The molecule has 0 saturated heterocycles. The molecular formula is C16H19BO4. The molecule has 0 aliphatic rings. The van der Waals surface area contributed by atoms with E-state index in [0.717, 1.165) is 11.3 Å². The van der Waals surface area contributed by atoms with Crippen molar-refractivity contribution in [2.24, 2.45) is 0 Å². The van der Waals surface area contributed by atoms with E-state index in [9.17, 15) is 0 Å².